The Bertz CT molecular complexity index is 630. The van der Waals surface area contributed by atoms with Crippen molar-refractivity contribution < 1.29 is 14.4 Å². The van der Waals surface area contributed by atoms with Crippen LogP contribution in [0.1, 0.15) is 48.4 Å². The van der Waals surface area contributed by atoms with Crippen LogP contribution >= 0.6 is 0 Å². The van der Waals surface area contributed by atoms with Gasteiger partial charge in [0.25, 0.3) is 5.91 Å². The number of carbonyl (C=O) groups is 1. The van der Waals surface area contributed by atoms with E-state index in [1.165, 1.54) is 0 Å². The third-order valence-electron chi connectivity index (χ3n) is 3.81. The molecule has 1 fully saturated rings. The van der Waals surface area contributed by atoms with Crippen molar-refractivity contribution in [3.05, 3.63) is 41.7 Å². The van der Waals surface area contributed by atoms with E-state index in [0.29, 0.717) is 11.3 Å². The minimum atomic E-state index is -0.878. The Morgan fingerprint density at radius 2 is 2.10 bits per heavy atom. The molecule has 0 aliphatic heterocycles. The van der Waals surface area contributed by atoms with Crippen LogP contribution < -0.4 is 5.32 Å². The van der Waals surface area contributed by atoms with E-state index in [1.807, 2.05) is 30.3 Å². The molecule has 0 unspecified atom stereocenters. The molecular formula is C16H18N2O3. The second-order valence-corrected chi connectivity index (χ2v) is 5.41. The number of nitrogens with one attached hydrogen (secondary N) is 1. The maximum absolute atomic E-state index is 12.5. The highest BCUT2D eigenvalue weighted by Crippen LogP contribution is 2.29. The van der Waals surface area contributed by atoms with Crippen molar-refractivity contribution in [2.75, 3.05) is 0 Å². The molecule has 1 aromatic carbocycles. The molecule has 2 aromatic rings. The van der Waals surface area contributed by atoms with E-state index < -0.39 is 6.10 Å². The van der Waals surface area contributed by atoms with Gasteiger partial charge in [0.15, 0.2) is 5.76 Å². The molecule has 21 heavy (non-hydrogen) atoms. The molecule has 110 valence electrons. The molecule has 1 aliphatic carbocycles. The summed E-state index contributed by atoms with van der Waals surface area (Å²) in [5, 5.41) is 16.8. The Hall–Kier alpha value is -2.14. The molecule has 5 heteroatoms. The van der Waals surface area contributed by atoms with Gasteiger partial charge in [-0.3, -0.25) is 4.79 Å². The zero-order valence-corrected chi connectivity index (χ0v) is 11.9. The Kier molecular flexibility index (Phi) is 3.75. The summed E-state index contributed by atoms with van der Waals surface area (Å²) >= 11 is 0. The first-order valence-corrected chi connectivity index (χ1v) is 7.20. The standard InChI is InChI=1S/C16H18N2O3/c1-10(19)15-13(16(20)17-12-8-5-9-12)14(18-21-15)11-6-3-2-4-7-11/h2-4,6-7,10,12,19H,5,8-9H2,1H3,(H,17,20)/t10-/m0/s1. The van der Waals surface area contributed by atoms with E-state index in [2.05, 4.69) is 10.5 Å². The van der Waals surface area contributed by atoms with Crippen LogP contribution in [0.25, 0.3) is 11.3 Å². The molecule has 1 aliphatic rings. The summed E-state index contributed by atoms with van der Waals surface area (Å²) in [5.41, 5.74) is 1.61. The van der Waals surface area contributed by atoms with Crippen LogP contribution in [-0.4, -0.2) is 22.2 Å². The number of amides is 1. The Morgan fingerprint density at radius 3 is 2.67 bits per heavy atom. The number of aromatic nitrogens is 1. The summed E-state index contributed by atoms with van der Waals surface area (Å²) in [5.74, 6) is -0.0126. The lowest BCUT2D eigenvalue weighted by Crippen LogP contribution is -2.39. The first kappa shape index (κ1) is 13.8. The van der Waals surface area contributed by atoms with Crippen molar-refractivity contribution in [3.8, 4) is 11.3 Å². The van der Waals surface area contributed by atoms with Gasteiger partial charge in [0.05, 0.1) is 0 Å². The topological polar surface area (TPSA) is 75.4 Å². The summed E-state index contributed by atoms with van der Waals surface area (Å²) in [6, 6.07) is 9.60. The van der Waals surface area contributed by atoms with Crippen LogP contribution in [0.2, 0.25) is 0 Å². The van der Waals surface area contributed by atoms with Crippen LogP contribution in [0, 0.1) is 0 Å². The van der Waals surface area contributed by atoms with E-state index in [4.69, 9.17) is 4.52 Å². The van der Waals surface area contributed by atoms with Crippen molar-refractivity contribution in [2.45, 2.75) is 38.3 Å². The van der Waals surface area contributed by atoms with Crippen LogP contribution in [0.3, 0.4) is 0 Å². The fraction of sp³-hybridized carbons (Fsp3) is 0.375. The second-order valence-electron chi connectivity index (χ2n) is 5.41. The quantitative estimate of drug-likeness (QED) is 0.906. The molecule has 1 saturated carbocycles. The fourth-order valence-corrected chi connectivity index (χ4v) is 2.41. The molecule has 2 N–H and O–H groups in total. The molecule has 1 atom stereocenters. The predicted octanol–water partition coefficient (Wildman–Crippen LogP) is 2.68. The van der Waals surface area contributed by atoms with Crippen LogP contribution in [-0.2, 0) is 0 Å². The molecule has 5 nitrogen and oxygen atoms in total. The summed E-state index contributed by atoms with van der Waals surface area (Å²) in [6.45, 7) is 1.56. The smallest absolute Gasteiger partial charge is 0.257 e. The minimum absolute atomic E-state index is 0.214. The van der Waals surface area contributed by atoms with E-state index in [1.54, 1.807) is 6.92 Å². The van der Waals surface area contributed by atoms with Crippen molar-refractivity contribution >= 4 is 5.91 Å². The first-order valence-electron chi connectivity index (χ1n) is 7.20. The molecule has 1 amide bonds. The maximum atomic E-state index is 12.5. The SMILES string of the molecule is C[C@H](O)c1onc(-c2ccccc2)c1C(=O)NC1CCC1. The number of nitrogens with zero attached hydrogens (tertiary/aromatic N) is 1. The van der Waals surface area contributed by atoms with Crippen LogP contribution in [0.5, 0.6) is 0 Å². The molecule has 0 saturated heterocycles. The second kappa shape index (κ2) is 5.69. The van der Waals surface area contributed by atoms with Crippen molar-refractivity contribution in [2.24, 2.45) is 0 Å². The van der Waals surface area contributed by atoms with E-state index >= 15 is 0 Å². The Morgan fingerprint density at radius 1 is 1.38 bits per heavy atom. The van der Waals surface area contributed by atoms with E-state index in [-0.39, 0.29) is 17.7 Å². The monoisotopic (exact) mass is 286 g/mol. The third-order valence-corrected chi connectivity index (χ3v) is 3.81. The van der Waals surface area contributed by atoms with Gasteiger partial charge in [-0.15, -0.1) is 0 Å². The summed E-state index contributed by atoms with van der Waals surface area (Å²) < 4.78 is 5.21. The molecule has 3 rings (SSSR count). The normalized spacial score (nSPS) is 16.3. The maximum Gasteiger partial charge on any atom is 0.257 e. The first-order chi connectivity index (χ1) is 10.2. The van der Waals surface area contributed by atoms with E-state index in [9.17, 15) is 9.90 Å². The van der Waals surface area contributed by atoms with Crippen molar-refractivity contribution in [3.63, 3.8) is 0 Å². The van der Waals surface area contributed by atoms with Crippen LogP contribution in [0.4, 0.5) is 0 Å². The van der Waals surface area contributed by atoms with Crippen molar-refractivity contribution in [1.82, 2.24) is 10.5 Å². The number of benzene rings is 1. The third kappa shape index (κ3) is 2.69. The summed E-state index contributed by atoms with van der Waals surface area (Å²) in [6.07, 6.45) is 2.27. The lowest BCUT2D eigenvalue weighted by atomic mass is 9.92. The minimum Gasteiger partial charge on any atom is -0.385 e. The van der Waals surface area contributed by atoms with Gasteiger partial charge in [-0.2, -0.15) is 0 Å². The Labute approximate surface area is 123 Å². The number of aliphatic hydroxyl groups is 1. The van der Waals surface area contributed by atoms with Gasteiger partial charge in [-0.25, -0.2) is 0 Å². The predicted molar refractivity (Wildman–Crippen MR) is 77.7 cm³/mol. The highest BCUT2D eigenvalue weighted by atomic mass is 16.5. The number of hydrogen-bond donors (Lipinski definition) is 2. The fourth-order valence-electron chi connectivity index (χ4n) is 2.41. The lowest BCUT2D eigenvalue weighted by Gasteiger charge is -2.26. The number of rotatable bonds is 4. The van der Waals surface area contributed by atoms with Gasteiger partial charge in [-0.05, 0) is 26.2 Å². The average Bonchev–Trinajstić information content (AvgIpc) is 2.88. The zero-order chi connectivity index (χ0) is 14.8. The molecule has 0 spiro atoms. The van der Waals surface area contributed by atoms with Crippen LogP contribution in [0.15, 0.2) is 34.9 Å². The lowest BCUT2D eigenvalue weighted by molar-refractivity contribution is 0.0904. The molecule has 1 heterocycles. The number of hydrogen-bond acceptors (Lipinski definition) is 4. The molecule has 1 aromatic heterocycles. The van der Waals surface area contributed by atoms with Gasteiger partial charge in [0, 0.05) is 11.6 Å². The largest absolute Gasteiger partial charge is 0.385 e. The number of carbonyl (C=O) groups excluding carboxylic acids is 1. The van der Waals surface area contributed by atoms with Gasteiger partial charge >= 0.3 is 0 Å². The van der Waals surface area contributed by atoms with E-state index in [0.717, 1.165) is 24.8 Å². The highest BCUT2D eigenvalue weighted by Gasteiger charge is 2.29. The Balaban J connectivity index is 1.98. The van der Waals surface area contributed by atoms with Gasteiger partial charge < -0.3 is 14.9 Å². The molecular weight excluding hydrogens is 268 g/mol. The van der Waals surface area contributed by atoms with Gasteiger partial charge in [0.1, 0.15) is 17.4 Å². The van der Waals surface area contributed by atoms with Crippen molar-refractivity contribution in [1.29, 1.82) is 0 Å². The average molecular weight is 286 g/mol. The number of aliphatic hydroxyl groups excluding tert-OH is 1. The molecule has 0 bridgehead atoms. The summed E-state index contributed by atoms with van der Waals surface area (Å²) in [7, 11) is 0. The highest BCUT2D eigenvalue weighted by molar-refractivity contribution is 6.01. The van der Waals surface area contributed by atoms with Gasteiger partial charge in [0.2, 0.25) is 0 Å². The zero-order valence-electron chi connectivity index (χ0n) is 11.9. The van der Waals surface area contributed by atoms with Gasteiger partial charge in [-0.1, -0.05) is 35.5 Å². The molecule has 0 radical (unpaired) electrons. The summed E-state index contributed by atoms with van der Waals surface area (Å²) in [4.78, 5) is 12.5.